The molecule has 0 N–H and O–H groups in total. The van der Waals surface area contributed by atoms with Crippen LogP contribution in [0.4, 0.5) is 0 Å². The number of hydrogen-bond acceptors (Lipinski definition) is 1. The Morgan fingerprint density at radius 1 is 1.25 bits per heavy atom. The van der Waals surface area contributed by atoms with Gasteiger partial charge in [-0.15, -0.1) is 0 Å². The van der Waals surface area contributed by atoms with Gasteiger partial charge >= 0.3 is 0 Å². The minimum atomic E-state index is 0.571. The third kappa shape index (κ3) is 0.741. The van der Waals surface area contributed by atoms with Crippen LogP contribution < -0.4 is 0 Å². The molecular formula is C10H15BrO. The number of fused-ring (bicyclic) bond motifs is 2. The van der Waals surface area contributed by atoms with Gasteiger partial charge < -0.3 is 4.74 Å². The molecule has 2 heteroatoms. The van der Waals surface area contributed by atoms with Crippen LogP contribution in [0.25, 0.3) is 0 Å². The molecule has 0 aromatic heterocycles. The second-order valence-electron chi connectivity index (χ2n) is 4.59. The van der Waals surface area contributed by atoms with Gasteiger partial charge in [0, 0.05) is 22.8 Å². The van der Waals surface area contributed by atoms with Gasteiger partial charge in [-0.05, 0) is 19.3 Å². The van der Waals surface area contributed by atoms with Gasteiger partial charge in [0.15, 0.2) is 0 Å². The quantitative estimate of drug-likeness (QED) is 0.582. The highest BCUT2D eigenvalue weighted by Gasteiger charge is 2.63. The van der Waals surface area contributed by atoms with Crippen LogP contribution in [0.1, 0.15) is 32.1 Å². The second kappa shape index (κ2) is 2.48. The Morgan fingerprint density at radius 2 is 2.00 bits per heavy atom. The van der Waals surface area contributed by atoms with Crippen LogP contribution in [0.15, 0.2) is 0 Å². The Bertz CT molecular complexity index is 198. The monoisotopic (exact) mass is 230 g/mol. The molecule has 1 spiro atoms. The molecule has 3 aliphatic rings. The maximum Gasteiger partial charge on any atom is 0.0681 e. The summed E-state index contributed by atoms with van der Waals surface area (Å²) >= 11 is 3.87. The first-order valence-electron chi connectivity index (χ1n) is 5.10. The number of alkyl halides is 1. The highest BCUT2D eigenvalue weighted by atomic mass is 79.9. The zero-order valence-corrected chi connectivity index (χ0v) is 8.85. The molecule has 0 amide bonds. The lowest BCUT2D eigenvalue weighted by molar-refractivity contribution is -0.0890. The van der Waals surface area contributed by atoms with Gasteiger partial charge in [-0.25, -0.2) is 0 Å². The maximum atomic E-state index is 5.83. The third-order valence-corrected chi connectivity index (χ3v) is 5.75. The van der Waals surface area contributed by atoms with Gasteiger partial charge in [0.1, 0.15) is 0 Å². The Labute approximate surface area is 82.0 Å². The number of rotatable bonds is 0. The number of halogens is 1. The molecule has 0 unspecified atom stereocenters. The van der Waals surface area contributed by atoms with E-state index < -0.39 is 0 Å². The topological polar surface area (TPSA) is 9.23 Å². The Morgan fingerprint density at radius 3 is 2.75 bits per heavy atom. The first-order chi connectivity index (χ1) is 5.84. The van der Waals surface area contributed by atoms with Crippen LogP contribution in [0.5, 0.6) is 0 Å². The van der Waals surface area contributed by atoms with Crippen molar-refractivity contribution in [1.29, 1.82) is 0 Å². The van der Waals surface area contributed by atoms with Crippen molar-refractivity contribution in [2.45, 2.75) is 43.0 Å². The van der Waals surface area contributed by atoms with Crippen molar-refractivity contribution in [2.24, 2.45) is 11.3 Å². The van der Waals surface area contributed by atoms with Gasteiger partial charge in [0.2, 0.25) is 0 Å². The first kappa shape index (κ1) is 7.81. The van der Waals surface area contributed by atoms with Crippen molar-refractivity contribution in [3.8, 4) is 0 Å². The summed E-state index contributed by atoms with van der Waals surface area (Å²) in [5.74, 6) is 0.850. The van der Waals surface area contributed by atoms with Crippen molar-refractivity contribution in [3.05, 3.63) is 0 Å². The van der Waals surface area contributed by atoms with Crippen LogP contribution in [0, 0.1) is 11.3 Å². The summed E-state index contributed by atoms with van der Waals surface area (Å²) in [7, 11) is 0. The summed E-state index contributed by atoms with van der Waals surface area (Å²) in [6, 6.07) is 0. The minimum Gasteiger partial charge on any atom is -0.377 e. The fourth-order valence-corrected chi connectivity index (χ4v) is 4.82. The molecule has 2 saturated carbocycles. The Kier molecular flexibility index (Phi) is 1.61. The van der Waals surface area contributed by atoms with Crippen LogP contribution in [0.3, 0.4) is 0 Å². The zero-order valence-electron chi connectivity index (χ0n) is 7.26. The molecule has 1 heterocycles. The first-order valence-corrected chi connectivity index (χ1v) is 6.02. The van der Waals surface area contributed by atoms with E-state index in [1.807, 2.05) is 0 Å². The number of hydrogen-bond donors (Lipinski definition) is 0. The Hall–Kier alpha value is 0.440. The van der Waals surface area contributed by atoms with E-state index in [0.717, 1.165) is 17.4 Å². The van der Waals surface area contributed by atoms with Crippen LogP contribution in [0.2, 0.25) is 0 Å². The summed E-state index contributed by atoms with van der Waals surface area (Å²) in [5, 5.41) is 0. The molecule has 0 aromatic carbocycles. The summed E-state index contributed by atoms with van der Waals surface area (Å²) in [6.45, 7) is 1.01. The molecule has 0 radical (unpaired) electrons. The van der Waals surface area contributed by atoms with E-state index >= 15 is 0 Å². The maximum absolute atomic E-state index is 5.83. The van der Waals surface area contributed by atoms with E-state index in [-0.39, 0.29) is 0 Å². The van der Waals surface area contributed by atoms with Crippen LogP contribution in [-0.2, 0) is 4.74 Å². The lowest BCUT2D eigenvalue weighted by Crippen LogP contribution is -2.58. The molecule has 12 heavy (non-hydrogen) atoms. The van der Waals surface area contributed by atoms with E-state index in [2.05, 4.69) is 15.9 Å². The summed E-state index contributed by atoms with van der Waals surface area (Å²) in [6.07, 6.45) is 7.59. The lowest BCUT2D eigenvalue weighted by atomic mass is 9.58. The van der Waals surface area contributed by atoms with Gasteiger partial charge in [-0.2, -0.15) is 0 Å². The summed E-state index contributed by atoms with van der Waals surface area (Å²) in [5.41, 5.74) is 0.571. The van der Waals surface area contributed by atoms with E-state index in [1.165, 1.54) is 32.1 Å². The highest BCUT2D eigenvalue weighted by molar-refractivity contribution is 9.09. The number of ether oxygens (including phenoxy) is 1. The molecule has 1 aliphatic heterocycles. The third-order valence-electron chi connectivity index (χ3n) is 4.16. The normalized spacial score (nSPS) is 49.2. The van der Waals surface area contributed by atoms with E-state index in [4.69, 9.17) is 4.74 Å². The highest BCUT2D eigenvalue weighted by Crippen LogP contribution is 2.63. The molecule has 1 nitrogen and oxygen atoms in total. The summed E-state index contributed by atoms with van der Waals surface area (Å²) in [4.78, 5) is 0.778. The molecular weight excluding hydrogens is 216 g/mol. The van der Waals surface area contributed by atoms with Crippen molar-refractivity contribution in [3.63, 3.8) is 0 Å². The molecule has 3 atom stereocenters. The van der Waals surface area contributed by atoms with Gasteiger partial charge in [-0.3, -0.25) is 0 Å². The summed E-state index contributed by atoms with van der Waals surface area (Å²) < 4.78 is 5.83. The van der Waals surface area contributed by atoms with Gasteiger partial charge in [-0.1, -0.05) is 28.8 Å². The Balaban J connectivity index is 1.87. The predicted octanol–water partition coefficient (Wildman–Crippen LogP) is 2.73. The SMILES string of the molecule is Br[C@@H]1[C@@H]2CCO[C@H]2C12CCCC2. The van der Waals surface area contributed by atoms with Crippen molar-refractivity contribution in [1.82, 2.24) is 0 Å². The van der Waals surface area contributed by atoms with Gasteiger partial charge in [0.05, 0.1) is 6.10 Å². The van der Waals surface area contributed by atoms with Crippen LogP contribution >= 0.6 is 15.9 Å². The predicted molar refractivity (Wildman–Crippen MR) is 51.5 cm³/mol. The molecule has 3 rings (SSSR count). The van der Waals surface area contributed by atoms with Gasteiger partial charge in [0.25, 0.3) is 0 Å². The molecule has 0 bridgehead atoms. The average Bonchev–Trinajstić information content (AvgIpc) is 2.72. The molecule has 3 fully saturated rings. The largest absolute Gasteiger partial charge is 0.377 e. The lowest BCUT2D eigenvalue weighted by Gasteiger charge is -2.54. The zero-order chi connectivity index (χ0) is 8.18. The van der Waals surface area contributed by atoms with Crippen molar-refractivity contribution >= 4 is 15.9 Å². The van der Waals surface area contributed by atoms with E-state index in [1.54, 1.807) is 0 Å². The fraction of sp³-hybridized carbons (Fsp3) is 1.00. The van der Waals surface area contributed by atoms with E-state index in [0.29, 0.717) is 11.5 Å². The van der Waals surface area contributed by atoms with Crippen molar-refractivity contribution < 1.29 is 4.74 Å². The molecule has 2 aliphatic carbocycles. The van der Waals surface area contributed by atoms with Crippen molar-refractivity contribution in [2.75, 3.05) is 6.61 Å². The molecule has 68 valence electrons. The fourth-order valence-electron chi connectivity index (χ4n) is 3.56. The standard InChI is InChI=1S/C10H15BrO/c11-8-7-3-6-12-9(7)10(8)4-1-2-5-10/h7-9H,1-6H2/t7-,8+,9+/m0/s1. The average molecular weight is 231 g/mol. The molecule has 0 aromatic rings. The molecule has 1 saturated heterocycles. The smallest absolute Gasteiger partial charge is 0.0681 e. The second-order valence-corrected chi connectivity index (χ2v) is 5.57. The minimum absolute atomic E-state index is 0.571. The van der Waals surface area contributed by atoms with E-state index in [9.17, 15) is 0 Å². The van der Waals surface area contributed by atoms with Crippen LogP contribution in [-0.4, -0.2) is 17.5 Å².